The molecule has 0 aromatic carbocycles. The van der Waals surface area contributed by atoms with Crippen molar-refractivity contribution < 1.29 is 18.3 Å². The van der Waals surface area contributed by atoms with Crippen LogP contribution in [0.15, 0.2) is 10.3 Å². The molecule has 7 heteroatoms. The Kier molecular flexibility index (Phi) is 3.72. The van der Waals surface area contributed by atoms with Crippen LogP contribution < -0.4 is 0 Å². The largest absolute Gasteiger partial charge is 0.477 e. The molecule has 1 aliphatic rings. The van der Waals surface area contributed by atoms with Gasteiger partial charge in [0.1, 0.15) is 9.09 Å². The van der Waals surface area contributed by atoms with Crippen molar-refractivity contribution in [2.45, 2.75) is 37.4 Å². The van der Waals surface area contributed by atoms with Crippen molar-refractivity contribution >= 4 is 27.3 Å². The molecule has 1 N–H and O–H groups in total. The lowest BCUT2D eigenvalue weighted by Crippen LogP contribution is -2.33. The predicted octanol–water partition coefficient (Wildman–Crippen LogP) is 2.17. The van der Waals surface area contributed by atoms with Gasteiger partial charge in [-0.05, 0) is 37.8 Å². The molecule has 1 aromatic heterocycles. The molecule has 0 saturated carbocycles. The molecule has 2 atom stereocenters. The van der Waals surface area contributed by atoms with Gasteiger partial charge in [-0.1, -0.05) is 6.92 Å². The Hall–Kier alpha value is -0.920. The summed E-state index contributed by atoms with van der Waals surface area (Å²) in [5.41, 5.74) is 0.496. The molecule has 1 aliphatic heterocycles. The first-order valence-electron chi connectivity index (χ1n) is 6.09. The number of aryl methyl sites for hydroxylation is 1. The van der Waals surface area contributed by atoms with Crippen LogP contribution >= 0.6 is 11.3 Å². The lowest BCUT2D eigenvalue weighted by molar-refractivity contribution is 0.0701. The Balaban J connectivity index is 2.40. The second kappa shape index (κ2) is 4.88. The van der Waals surface area contributed by atoms with Gasteiger partial charge < -0.3 is 5.11 Å². The highest BCUT2D eigenvalue weighted by Gasteiger charge is 2.37. The number of sulfonamides is 1. The number of thiophene rings is 1. The van der Waals surface area contributed by atoms with Gasteiger partial charge in [-0.25, -0.2) is 13.2 Å². The van der Waals surface area contributed by atoms with Crippen LogP contribution in [0.25, 0.3) is 0 Å². The molecule has 2 rings (SSSR count). The smallest absolute Gasteiger partial charge is 0.346 e. The fraction of sp³-hybridized carbons (Fsp3) is 0.583. The normalized spacial score (nSPS) is 24.8. The molecule has 0 radical (unpaired) electrons. The lowest BCUT2D eigenvalue weighted by Gasteiger charge is -2.19. The second-order valence-electron chi connectivity index (χ2n) is 5.15. The maximum Gasteiger partial charge on any atom is 0.346 e. The number of carbonyl (C=O) groups is 1. The van der Waals surface area contributed by atoms with E-state index in [1.165, 1.54) is 10.4 Å². The van der Waals surface area contributed by atoms with Crippen LogP contribution in [0.1, 0.15) is 35.5 Å². The average molecular weight is 303 g/mol. The Morgan fingerprint density at radius 1 is 1.47 bits per heavy atom. The third-order valence-corrected chi connectivity index (χ3v) is 7.03. The van der Waals surface area contributed by atoms with Crippen LogP contribution in [-0.4, -0.2) is 36.4 Å². The van der Waals surface area contributed by atoms with Crippen LogP contribution in [-0.2, 0) is 10.0 Å². The van der Waals surface area contributed by atoms with Gasteiger partial charge >= 0.3 is 5.97 Å². The fourth-order valence-electron chi connectivity index (χ4n) is 2.50. The summed E-state index contributed by atoms with van der Waals surface area (Å²) in [6.45, 7) is 6.03. The zero-order chi connectivity index (χ0) is 14.4. The minimum absolute atomic E-state index is 0.0318. The van der Waals surface area contributed by atoms with Crippen LogP contribution in [0, 0.1) is 12.8 Å². The van der Waals surface area contributed by atoms with Gasteiger partial charge in [0.05, 0.1) is 0 Å². The Bertz CT molecular complexity index is 605. The van der Waals surface area contributed by atoms with Crippen molar-refractivity contribution in [1.82, 2.24) is 4.31 Å². The van der Waals surface area contributed by atoms with Gasteiger partial charge in [-0.2, -0.15) is 4.31 Å². The molecular formula is C12H17NO4S2. The van der Waals surface area contributed by atoms with Crippen LogP contribution in [0.3, 0.4) is 0 Å². The number of carboxylic acids is 1. The van der Waals surface area contributed by atoms with E-state index in [4.69, 9.17) is 5.11 Å². The van der Waals surface area contributed by atoms with E-state index in [1.54, 1.807) is 6.92 Å². The third kappa shape index (κ3) is 2.54. The maximum atomic E-state index is 12.5. The number of aromatic carboxylic acids is 1. The maximum absolute atomic E-state index is 12.5. The Labute approximate surface area is 116 Å². The number of hydrogen-bond donors (Lipinski definition) is 1. The highest BCUT2D eigenvalue weighted by atomic mass is 32.2. The number of nitrogens with zero attached hydrogens (tertiary/aromatic N) is 1. The summed E-state index contributed by atoms with van der Waals surface area (Å²) in [4.78, 5) is 11.1. The van der Waals surface area contributed by atoms with Gasteiger partial charge in [0.25, 0.3) is 10.0 Å². The van der Waals surface area contributed by atoms with E-state index in [0.717, 1.165) is 17.8 Å². The van der Waals surface area contributed by atoms with Crippen LogP contribution in [0.5, 0.6) is 0 Å². The van der Waals surface area contributed by atoms with Crippen molar-refractivity contribution in [2.24, 2.45) is 5.92 Å². The van der Waals surface area contributed by atoms with Crippen molar-refractivity contribution in [1.29, 1.82) is 0 Å². The molecule has 0 spiro atoms. The van der Waals surface area contributed by atoms with E-state index in [2.05, 4.69) is 0 Å². The molecule has 19 heavy (non-hydrogen) atoms. The summed E-state index contributed by atoms with van der Waals surface area (Å²) in [5.74, 6) is -0.739. The Morgan fingerprint density at radius 3 is 2.53 bits per heavy atom. The molecule has 1 fully saturated rings. The SMILES string of the molecule is Cc1cc(S(=O)(=O)N2CC(C)CC2C)sc1C(=O)O. The molecule has 0 amide bonds. The zero-order valence-corrected chi connectivity index (χ0v) is 12.7. The van der Waals surface area contributed by atoms with E-state index in [-0.39, 0.29) is 15.1 Å². The molecule has 0 aliphatic carbocycles. The minimum atomic E-state index is -3.57. The summed E-state index contributed by atoms with van der Waals surface area (Å²) in [6.07, 6.45) is 0.843. The van der Waals surface area contributed by atoms with Gasteiger partial charge in [0, 0.05) is 12.6 Å². The highest BCUT2D eigenvalue weighted by Crippen LogP contribution is 2.33. The average Bonchev–Trinajstić information content (AvgIpc) is 2.82. The molecule has 2 unspecified atom stereocenters. The number of carboxylic acid groups (broad SMARTS) is 1. The summed E-state index contributed by atoms with van der Waals surface area (Å²) < 4.78 is 26.7. The molecular weight excluding hydrogens is 286 g/mol. The second-order valence-corrected chi connectivity index (χ2v) is 8.32. The lowest BCUT2D eigenvalue weighted by atomic mass is 10.1. The van der Waals surface area contributed by atoms with Crippen LogP contribution in [0.4, 0.5) is 0 Å². The number of rotatable bonds is 3. The van der Waals surface area contributed by atoms with E-state index < -0.39 is 16.0 Å². The minimum Gasteiger partial charge on any atom is -0.477 e. The van der Waals surface area contributed by atoms with Gasteiger partial charge in [-0.3, -0.25) is 0 Å². The van der Waals surface area contributed by atoms with E-state index in [1.807, 2.05) is 13.8 Å². The zero-order valence-electron chi connectivity index (χ0n) is 11.1. The summed E-state index contributed by atoms with van der Waals surface area (Å²) in [6, 6.07) is 1.43. The highest BCUT2D eigenvalue weighted by molar-refractivity contribution is 7.91. The van der Waals surface area contributed by atoms with Crippen molar-refractivity contribution in [3.63, 3.8) is 0 Å². The van der Waals surface area contributed by atoms with E-state index in [9.17, 15) is 13.2 Å². The Morgan fingerprint density at radius 2 is 2.11 bits per heavy atom. The third-order valence-electron chi connectivity index (χ3n) is 3.38. The fourth-order valence-corrected chi connectivity index (χ4v) is 5.77. The van der Waals surface area contributed by atoms with E-state index in [0.29, 0.717) is 18.0 Å². The summed E-state index contributed by atoms with van der Waals surface area (Å²) in [7, 11) is -3.57. The molecule has 0 bridgehead atoms. The van der Waals surface area contributed by atoms with Crippen LogP contribution in [0.2, 0.25) is 0 Å². The van der Waals surface area contributed by atoms with Gasteiger partial charge in [0.2, 0.25) is 0 Å². The van der Waals surface area contributed by atoms with Gasteiger partial charge in [0.15, 0.2) is 0 Å². The first-order chi connectivity index (χ1) is 8.73. The molecule has 2 heterocycles. The molecule has 106 valence electrons. The van der Waals surface area contributed by atoms with Crippen molar-refractivity contribution in [2.75, 3.05) is 6.54 Å². The number of hydrogen-bond acceptors (Lipinski definition) is 4. The quantitative estimate of drug-likeness (QED) is 0.928. The first kappa shape index (κ1) is 14.5. The molecule has 1 saturated heterocycles. The predicted molar refractivity (Wildman–Crippen MR) is 73.2 cm³/mol. The van der Waals surface area contributed by atoms with Gasteiger partial charge in [-0.15, -0.1) is 11.3 Å². The standard InChI is InChI=1S/C12H17NO4S2/c1-7-4-9(3)13(6-7)19(16,17)10-5-8(2)11(18-10)12(14)15/h5,7,9H,4,6H2,1-3H3,(H,14,15). The first-order valence-corrected chi connectivity index (χ1v) is 8.34. The van der Waals surface area contributed by atoms with Crippen molar-refractivity contribution in [3.05, 3.63) is 16.5 Å². The summed E-state index contributed by atoms with van der Waals surface area (Å²) >= 11 is 0.835. The van der Waals surface area contributed by atoms with Crippen molar-refractivity contribution in [3.8, 4) is 0 Å². The monoisotopic (exact) mass is 303 g/mol. The molecule has 1 aromatic rings. The summed E-state index contributed by atoms with van der Waals surface area (Å²) in [5, 5.41) is 9.01. The topological polar surface area (TPSA) is 74.7 Å². The molecule has 5 nitrogen and oxygen atoms in total. The van der Waals surface area contributed by atoms with E-state index >= 15 is 0 Å².